The summed E-state index contributed by atoms with van der Waals surface area (Å²) in [6.07, 6.45) is 3.34. The van der Waals surface area contributed by atoms with Crippen LogP contribution in [0, 0.1) is 0 Å². The van der Waals surface area contributed by atoms with Crippen molar-refractivity contribution in [1.82, 2.24) is 14.8 Å². The van der Waals surface area contributed by atoms with Crippen molar-refractivity contribution in [3.63, 3.8) is 0 Å². The van der Waals surface area contributed by atoms with Crippen LogP contribution in [0.4, 0.5) is 0 Å². The molecule has 19 heavy (non-hydrogen) atoms. The summed E-state index contributed by atoms with van der Waals surface area (Å²) in [4.78, 5) is 16.4. The van der Waals surface area contributed by atoms with Crippen LogP contribution in [-0.4, -0.2) is 34.3 Å². The predicted molar refractivity (Wildman–Crippen MR) is 71.4 cm³/mol. The molecule has 0 N–H and O–H groups in total. The highest BCUT2D eigenvalue weighted by molar-refractivity contribution is 6.33. The molecule has 2 heterocycles. The Kier molecular flexibility index (Phi) is 4.65. The van der Waals surface area contributed by atoms with E-state index in [4.69, 9.17) is 16.3 Å². The number of hydrogen-bond acceptors (Lipinski definition) is 4. The van der Waals surface area contributed by atoms with E-state index >= 15 is 0 Å². The number of aromatic nitrogens is 3. The lowest BCUT2D eigenvalue weighted by Crippen LogP contribution is -2.15. The van der Waals surface area contributed by atoms with E-state index in [9.17, 15) is 4.79 Å². The first-order valence-electron chi connectivity index (χ1n) is 5.85. The molecular formula is C13H14ClN3O2. The van der Waals surface area contributed by atoms with Crippen LogP contribution in [0.15, 0.2) is 30.6 Å². The smallest absolute Gasteiger partial charge is 0.188 e. The maximum absolute atomic E-state index is 12.3. The Bertz CT molecular complexity index is 554. The molecule has 5 nitrogen and oxygen atoms in total. The van der Waals surface area contributed by atoms with Gasteiger partial charge in [-0.15, -0.1) is 0 Å². The van der Waals surface area contributed by atoms with Crippen LogP contribution in [0.3, 0.4) is 0 Å². The summed E-state index contributed by atoms with van der Waals surface area (Å²) in [6, 6.07) is 5.46. The number of halogens is 1. The largest absolute Gasteiger partial charge is 0.383 e. The summed E-state index contributed by atoms with van der Waals surface area (Å²) in [5.41, 5.74) is 1.12. The average molecular weight is 280 g/mol. The molecule has 0 bridgehead atoms. The number of nitrogens with zero attached hydrogens (tertiary/aromatic N) is 3. The number of carbonyl (C=O) groups is 1. The third kappa shape index (κ3) is 3.39. The SMILES string of the molecule is COCCn1ncc(Cl)c1C(=O)Cc1ccccn1. The van der Waals surface area contributed by atoms with Crippen molar-refractivity contribution in [2.24, 2.45) is 0 Å². The lowest BCUT2D eigenvalue weighted by Gasteiger charge is -2.06. The number of carbonyl (C=O) groups excluding carboxylic acids is 1. The second-order valence-electron chi connectivity index (χ2n) is 3.98. The molecule has 100 valence electrons. The number of hydrogen-bond donors (Lipinski definition) is 0. The van der Waals surface area contributed by atoms with Gasteiger partial charge in [-0.25, -0.2) is 0 Å². The summed E-state index contributed by atoms with van der Waals surface area (Å²) < 4.78 is 6.55. The Labute approximate surface area is 116 Å². The monoisotopic (exact) mass is 279 g/mol. The molecule has 0 aromatic carbocycles. The molecule has 0 aliphatic rings. The van der Waals surface area contributed by atoms with Gasteiger partial charge in [0.2, 0.25) is 0 Å². The van der Waals surface area contributed by atoms with Crippen LogP contribution >= 0.6 is 11.6 Å². The Morgan fingerprint density at radius 1 is 1.47 bits per heavy atom. The highest BCUT2D eigenvalue weighted by Crippen LogP contribution is 2.17. The Hall–Kier alpha value is -1.72. The fourth-order valence-corrected chi connectivity index (χ4v) is 1.98. The van der Waals surface area contributed by atoms with Crippen molar-refractivity contribution in [3.05, 3.63) is 47.0 Å². The molecule has 2 aromatic heterocycles. The second kappa shape index (κ2) is 6.45. The lowest BCUT2D eigenvalue weighted by atomic mass is 10.1. The molecule has 0 spiro atoms. The molecule has 6 heteroatoms. The molecule has 0 aliphatic carbocycles. The molecule has 0 unspecified atom stereocenters. The van der Waals surface area contributed by atoms with E-state index in [0.717, 1.165) is 0 Å². The summed E-state index contributed by atoms with van der Waals surface area (Å²) in [7, 11) is 1.60. The van der Waals surface area contributed by atoms with Crippen LogP contribution in [0.1, 0.15) is 16.2 Å². The van der Waals surface area contributed by atoms with E-state index in [0.29, 0.717) is 29.6 Å². The normalized spacial score (nSPS) is 10.6. The number of ether oxygens (including phenoxy) is 1. The number of pyridine rings is 1. The minimum Gasteiger partial charge on any atom is -0.383 e. The zero-order chi connectivity index (χ0) is 13.7. The average Bonchev–Trinajstić information content (AvgIpc) is 2.78. The van der Waals surface area contributed by atoms with Crippen molar-refractivity contribution >= 4 is 17.4 Å². The van der Waals surface area contributed by atoms with E-state index in [1.165, 1.54) is 6.20 Å². The zero-order valence-electron chi connectivity index (χ0n) is 10.5. The van der Waals surface area contributed by atoms with Crippen molar-refractivity contribution in [2.45, 2.75) is 13.0 Å². The standard InChI is InChI=1S/C13H14ClN3O2/c1-19-7-6-17-13(11(14)9-16-17)12(18)8-10-4-2-3-5-15-10/h2-5,9H,6-8H2,1H3. The van der Waals surface area contributed by atoms with Gasteiger partial charge in [-0.3, -0.25) is 14.5 Å². The van der Waals surface area contributed by atoms with Gasteiger partial charge in [0.25, 0.3) is 0 Å². The van der Waals surface area contributed by atoms with Gasteiger partial charge in [0.15, 0.2) is 5.78 Å². The van der Waals surface area contributed by atoms with E-state index in [1.807, 2.05) is 18.2 Å². The highest BCUT2D eigenvalue weighted by atomic mass is 35.5. The Morgan fingerprint density at radius 3 is 3.00 bits per heavy atom. The van der Waals surface area contributed by atoms with Crippen molar-refractivity contribution in [3.8, 4) is 0 Å². The Morgan fingerprint density at radius 2 is 2.32 bits per heavy atom. The Balaban J connectivity index is 2.16. The highest BCUT2D eigenvalue weighted by Gasteiger charge is 2.18. The maximum atomic E-state index is 12.3. The van der Waals surface area contributed by atoms with Gasteiger partial charge in [-0.1, -0.05) is 17.7 Å². The molecule has 0 aliphatic heterocycles. The summed E-state index contributed by atoms with van der Waals surface area (Å²) >= 11 is 6.02. The van der Waals surface area contributed by atoms with Gasteiger partial charge in [0.1, 0.15) is 5.69 Å². The molecule has 0 saturated heterocycles. The van der Waals surface area contributed by atoms with Crippen molar-refractivity contribution < 1.29 is 9.53 Å². The van der Waals surface area contributed by atoms with Gasteiger partial charge in [-0.2, -0.15) is 5.10 Å². The summed E-state index contributed by atoms with van der Waals surface area (Å²) in [5.74, 6) is -0.0997. The van der Waals surface area contributed by atoms with E-state index in [2.05, 4.69) is 10.1 Å². The summed E-state index contributed by atoms with van der Waals surface area (Å²) in [6.45, 7) is 0.967. The second-order valence-corrected chi connectivity index (χ2v) is 4.39. The summed E-state index contributed by atoms with van der Waals surface area (Å²) in [5, 5.41) is 4.44. The number of ketones is 1. The number of Topliss-reactive ketones (excluding diaryl/α,β-unsaturated/α-hetero) is 1. The fraction of sp³-hybridized carbons (Fsp3) is 0.308. The third-order valence-electron chi connectivity index (χ3n) is 2.63. The van der Waals surface area contributed by atoms with Crippen molar-refractivity contribution in [2.75, 3.05) is 13.7 Å². The number of rotatable bonds is 6. The zero-order valence-corrected chi connectivity index (χ0v) is 11.3. The van der Waals surface area contributed by atoms with E-state index in [-0.39, 0.29) is 12.2 Å². The molecular weight excluding hydrogens is 266 g/mol. The maximum Gasteiger partial charge on any atom is 0.188 e. The first kappa shape index (κ1) is 13.7. The quantitative estimate of drug-likeness (QED) is 0.759. The third-order valence-corrected chi connectivity index (χ3v) is 2.91. The first-order chi connectivity index (χ1) is 9.22. The first-order valence-corrected chi connectivity index (χ1v) is 6.23. The van der Waals surface area contributed by atoms with Gasteiger partial charge < -0.3 is 4.74 Å². The van der Waals surface area contributed by atoms with Gasteiger partial charge in [0, 0.05) is 19.0 Å². The number of methoxy groups -OCH3 is 1. The van der Waals surface area contributed by atoms with Gasteiger partial charge >= 0.3 is 0 Å². The predicted octanol–water partition coefficient (Wildman–Crippen LogP) is 2.00. The fourth-order valence-electron chi connectivity index (χ4n) is 1.74. The molecule has 0 amide bonds. The molecule has 0 saturated carbocycles. The van der Waals surface area contributed by atoms with E-state index in [1.54, 1.807) is 18.0 Å². The molecule has 2 aromatic rings. The molecule has 0 atom stereocenters. The van der Waals surface area contributed by atoms with Crippen LogP contribution in [-0.2, 0) is 17.7 Å². The van der Waals surface area contributed by atoms with Gasteiger partial charge in [-0.05, 0) is 12.1 Å². The topological polar surface area (TPSA) is 57.0 Å². The van der Waals surface area contributed by atoms with Crippen LogP contribution in [0.25, 0.3) is 0 Å². The molecule has 0 fully saturated rings. The molecule has 0 radical (unpaired) electrons. The van der Waals surface area contributed by atoms with Crippen LogP contribution in [0.5, 0.6) is 0 Å². The molecule has 2 rings (SSSR count). The van der Waals surface area contributed by atoms with Crippen LogP contribution in [0.2, 0.25) is 5.02 Å². The minimum atomic E-state index is -0.0997. The van der Waals surface area contributed by atoms with Crippen molar-refractivity contribution in [1.29, 1.82) is 0 Å². The van der Waals surface area contributed by atoms with E-state index < -0.39 is 0 Å². The van der Waals surface area contributed by atoms with Gasteiger partial charge in [0.05, 0.1) is 30.8 Å². The lowest BCUT2D eigenvalue weighted by molar-refractivity contribution is 0.0978. The minimum absolute atomic E-state index is 0.0997. The van der Waals surface area contributed by atoms with Crippen LogP contribution < -0.4 is 0 Å².